The molecule has 3 heterocycles. The second-order valence-corrected chi connectivity index (χ2v) is 7.78. The first-order chi connectivity index (χ1) is 13.0. The quantitative estimate of drug-likeness (QED) is 0.815. The average Bonchev–Trinajstić information content (AvgIpc) is 3.07. The van der Waals surface area contributed by atoms with Gasteiger partial charge in [0.1, 0.15) is 11.5 Å². The number of carbonyl (C=O) groups excluding carboxylic acids is 1. The summed E-state index contributed by atoms with van der Waals surface area (Å²) in [6, 6.07) is 7.42. The summed E-state index contributed by atoms with van der Waals surface area (Å²) in [4.78, 5) is 20.8. The van der Waals surface area contributed by atoms with Crippen LogP contribution < -0.4 is 11.1 Å². The molecule has 1 aromatic carbocycles. The van der Waals surface area contributed by atoms with Crippen LogP contribution in [0.1, 0.15) is 22.5 Å². The van der Waals surface area contributed by atoms with E-state index in [9.17, 15) is 9.18 Å². The second-order valence-electron chi connectivity index (χ2n) is 6.30. The number of nitrogens with zero attached hydrogens (tertiary/aromatic N) is 2. The van der Waals surface area contributed by atoms with E-state index < -0.39 is 17.4 Å². The molecule has 2 atom stereocenters. The Balaban J connectivity index is 1.67. The van der Waals surface area contributed by atoms with Crippen LogP contribution in [-0.4, -0.2) is 28.4 Å². The first-order valence-electron chi connectivity index (χ1n) is 8.33. The molecule has 1 aromatic heterocycles. The number of amides is 1. The first kappa shape index (κ1) is 18.2. The molecule has 1 amide bonds. The van der Waals surface area contributed by atoms with E-state index in [1.807, 2.05) is 0 Å². The Kier molecular flexibility index (Phi) is 4.79. The van der Waals surface area contributed by atoms with Gasteiger partial charge >= 0.3 is 0 Å². The van der Waals surface area contributed by atoms with Crippen molar-refractivity contribution in [3.8, 4) is 0 Å². The largest absolute Gasteiger partial charge is 0.378 e. The van der Waals surface area contributed by atoms with Crippen molar-refractivity contribution in [3.63, 3.8) is 0 Å². The molecule has 0 bridgehead atoms. The normalized spacial score (nSPS) is 24.2. The van der Waals surface area contributed by atoms with Crippen molar-refractivity contribution in [3.05, 3.63) is 58.6 Å². The predicted octanol–water partition coefficient (Wildman–Crippen LogP) is 3.38. The Labute approximate surface area is 164 Å². The lowest BCUT2D eigenvalue weighted by atomic mass is 9.89. The number of hydrogen-bond donors (Lipinski definition) is 2. The Morgan fingerprint density at radius 2 is 2.26 bits per heavy atom. The fourth-order valence-electron chi connectivity index (χ4n) is 3.31. The van der Waals surface area contributed by atoms with Gasteiger partial charge in [0.15, 0.2) is 10.9 Å². The highest BCUT2D eigenvalue weighted by molar-refractivity contribution is 8.13. The lowest BCUT2D eigenvalue weighted by Gasteiger charge is -2.34. The topological polar surface area (TPSA) is 89.6 Å². The van der Waals surface area contributed by atoms with Gasteiger partial charge in [0.25, 0.3) is 5.91 Å². The minimum absolute atomic E-state index is 0.0215. The van der Waals surface area contributed by atoms with Gasteiger partial charge in [-0.15, -0.1) is 0 Å². The fourth-order valence-corrected chi connectivity index (χ4v) is 4.39. The van der Waals surface area contributed by atoms with Crippen molar-refractivity contribution >= 4 is 40.1 Å². The number of halogens is 2. The summed E-state index contributed by atoms with van der Waals surface area (Å²) >= 11 is 7.23. The number of aliphatic imine (C=N–C) groups is 1. The van der Waals surface area contributed by atoms with Gasteiger partial charge in [-0.2, -0.15) is 0 Å². The van der Waals surface area contributed by atoms with Gasteiger partial charge in [-0.25, -0.2) is 14.4 Å². The molecule has 0 radical (unpaired) electrons. The Morgan fingerprint density at radius 3 is 3.04 bits per heavy atom. The number of nitrogens with one attached hydrogen (secondary N) is 1. The molecule has 0 unspecified atom stereocenters. The summed E-state index contributed by atoms with van der Waals surface area (Å²) in [5, 5.41) is 3.52. The van der Waals surface area contributed by atoms with Gasteiger partial charge in [0.05, 0.1) is 11.6 Å². The van der Waals surface area contributed by atoms with Crippen molar-refractivity contribution in [2.24, 2.45) is 16.6 Å². The SMILES string of the molecule is NC1=N[C@@]2(c3cc(NC(=O)c4ccc(Cl)cn4)ccc3F)OCC[C@@H]2CS1. The van der Waals surface area contributed by atoms with Crippen molar-refractivity contribution in [2.75, 3.05) is 17.7 Å². The summed E-state index contributed by atoms with van der Waals surface area (Å²) in [5.41, 5.74) is 5.65. The van der Waals surface area contributed by atoms with Gasteiger partial charge in [0, 0.05) is 29.1 Å². The fraction of sp³-hybridized carbons (Fsp3) is 0.278. The van der Waals surface area contributed by atoms with E-state index in [1.165, 1.54) is 36.2 Å². The lowest BCUT2D eigenvalue weighted by molar-refractivity contribution is -0.0170. The number of anilines is 1. The average molecular weight is 407 g/mol. The van der Waals surface area contributed by atoms with Crippen LogP contribution >= 0.6 is 23.4 Å². The molecule has 4 rings (SSSR count). The number of aromatic nitrogens is 1. The van der Waals surface area contributed by atoms with Gasteiger partial charge in [0.2, 0.25) is 0 Å². The molecular weight excluding hydrogens is 391 g/mol. The Morgan fingerprint density at radius 1 is 1.41 bits per heavy atom. The van der Waals surface area contributed by atoms with Crippen molar-refractivity contribution < 1.29 is 13.9 Å². The zero-order chi connectivity index (χ0) is 19.0. The van der Waals surface area contributed by atoms with Gasteiger partial charge in [-0.1, -0.05) is 23.4 Å². The zero-order valence-electron chi connectivity index (χ0n) is 14.1. The molecule has 0 aliphatic carbocycles. The van der Waals surface area contributed by atoms with Crippen LogP contribution in [0.15, 0.2) is 41.5 Å². The van der Waals surface area contributed by atoms with Crippen LogP contribution in [0.3, 0.4) is 0 Å². The van der Waals surface area contributed by atoms with Crippen molar-refractivity contribution in [1.29, 1.82) is 0 Å². The van der Waals surface area contributed by atoms with Crippen LogP contribution in [0.2, 0.25) is 5.02 Å². The number of thioether (sulfide) groups is 1. The van der Waals surface area contributed by atoms with E-state index in [0.717, 1.165) is 6.42 Å². The molecule has 6 nitrogen and oxygen atoms in total. The van der Waals surface area contributed by atoms with Crippen LogP contribution in [0, 0.1) is 11.7 Å². The third-order valence-electron chi connectivity index (χ3n) is 4.62. The van der Waals surface area contributed by atoms with E-state index in [1.54, 1.807) is 12.1 Å². The van der Waals surface area contributed by atoms with Crippen LogP contribution in [0.4, 0.5) is 10.1 Å². The van der Waals surface area contributed by atoms with Crippen LogP contribution in [0.25, 0.3) is 0 Å². The molecular formula is C18H16ClFN4O2S. The molecule has 140 valence electrons. The van der Waals surface area contributed by atoms with Gasteiger partial charge < -0.3 is 15.8 Å². The highest BCUT2D eigenvalue weighted by Crippen LogP contribution is 2.48. The van der Waals surface area contributed by atoms with Crippen LogP contribution in [-0.2, 0) is 10.5 Å². The number of amidine groups is 1. The molecule has 27 heavy (non-hydrogen) atoms. The van der Waals surface area contributed by atoms with Crippen molar-refractivity contribution in [1.82, 2.24) is 4.98 Å². The molecule has 2 aliphatic rings. The number of benzene rings is 1. The Hall–Kier alpha value is -2.16. The Bertz CT molecular complexity index is 924. The highest BCUT2D eigenvalue weighted by Gasteiger charge is 2.49. The monoisotopic (exact) mass is 406 g/mol. The highest BCUT2D eigenvalue weighted by atomic mass is 35.5. The summed E-state index contributed by atoms with van der Waals surface area (Å²) in [7, 11) is 0. The van der Waals surface area contributed by atoms with Crippen molar-refractivity contribution in [2.45, 2.75) is 12.1 Å². The third-order valence-corrected chi connectivity index (χ3v) is 5.80. The summed E-state index contributed by atoms with van der Waals surface area (Å²) in [6.07, 6.45) is 2.16. The predicted molar refractivity (Wildman–Crippen MR) is 103 cm³/mol. The number of hydrogen-bond acceptors (Lipinski definition) is 6. The number of fused-ring (bicyclic) bond motifs is 1. The van der Waals surface area contributed by atoms with Crippen LogP contribution in [0.5, 0.6) is 0 Å². The zero-order valence-corrected chi connectivity index (χ0v) is 15.7. The summed E-state index contributed by atoms with van der Waals surface area (Å²) < 4.78 is 20.6. The summed E-state index contributed by atoms with van der Waals surface area (Å²) in [6.45, 7) is 0.479. The number of carbonyl (C=O) groups is 1. The minimum Gasteiger partial charge on any atom is -0.378 e. The second kappa shape index (κ2) is 7.10. The smallest absolute Gasteiger partial charge is 0.274 e. The van der Waals surface area contributed by atoms with E-state index in [2.05, 4.69) is 15.3 Å². The minimum atomic E-state index is -1.14. The van der Waals surface area contributed by atoms with E-state index in [0.29, 0.717) is 28.2 Å². The molecule has 9 heteroatoms. The summed E-state index contributed by atoms with van der Waals surface area (Å²) in [5.74, 6) is -0.144. The number of rotatable bonds is 3. The maximum Gasteiger partial charge on any atom is 0.274 e. The number of pyridine rings is 1. The maximum atomic E-state index is 14.7. The molecule has 1 saturated heterocycles. The molecule has 3 N–H and O–H groups in total. The van der Waals surface area contributed by atoms with Gasteiger partial charge in [-0.05, 0) is 36.8 Å². The van der Waals surface area contributed by atoms with E-state index in [4.69, 9.17) is 22.1 Å². The number of ether oxygens (including phenoxy) is 1. The van der Waals surface area contributed by atoms with E-state index in [-0.39, 0.29) is 17.2 Å². The maximum absolute atomic E-state index is 14.7. The third kappa shape index (κ3) is 3.40. The molecule has 2 aliphatic heterocycles. The van der Waals surface area contributed by atoms with E-state index >= 15 is 0 Å². The lowest BCUT2D eigenvalue weighted by Crippen LogP contribution is -2.38. The molecule has 1 fully saturated rings. The van der Waals surface area contributed by atoms with Gasteiger partial charge in [-0.3, -0.25) is 4.79 Å². The first-order valence-corrected chi connectivity index (χ1v) is 9.69. The molecule has 0 saturated carbocycles. The molecule has 2 aromatic rings. The molecule has 0 spiro atoms. The number of nitrogens with two attached hydrogens (primary N) is 1. The standard InChI is InChI=1S/C18H16ClFN4O2S/c19-11-1-4-15(22-8-11)16(25)23-12-2-3-14(20)13(7-12)18-10(5-6-26-18)9-27-17(21)24-18/h1-4,7-8,10H,5-6,9H2,(H2,21,24)(H,23,25)/t10-,18-/m1/s1.